The number of carbonyl (C=O) groups is 3. The van der Waals surface area contributed by atoms with Crippen molar-refractivity contribution in [2.45, 2.75) is 407 Å². The van der Waals surface area contributed by atoms with E-state index in [1.165, 1.54) is 154 Å². The van der Waals surface area contributed by atoms with Gasteiger partial charge in [-0.1, -0.05) is 265 Å². The van der Waals surface area contributed by atoms with Gasteiger partial charge in [-0.15, -0.1) is 0 Å². The van der Waals surface area contributed by atoms with Gasteiger partial charge >= 0.3 is 25.7 Å². The molecule has 0 bridgehead atoms. The molecule has 18 atom stereocenters. The Labute approximate surface area is 574 Å². The highest BCUT2D eigenvalue weighted by atomic mass is 31.2. The maximum atomic E-state index is 14.3. The first-order valence-corrected chi connectivity index (χ1v) is 39.3. The van der Waals surface area contributed by atoms with Crippen molar-refractivity contribution >= 4 is 25.7 Å². The lowest BCUT2D eigenvalue weighted by molar-refractivity contribution is -0.360. The van der Waals surface area contributed by atoms with Gasteiger partial charge in [-0.2, -0.15) is 0 Å². The van der Waals surface area contributed by atoms with Gasteiger partial charge in [0.1, 0.15) is 98.7 Å². The number of hydrogen-bond acceptors (Lipinski definition) is 23. The average Bonchev–Trinajstić information content (AvgIpc) is 0.776. The second-order valence-electron chi connectivity index (χ2n) is 27.4. The lowest BCUT2D eigenvalue weighted by Gasteiger charge is -2.49. The minimum Gasteiger partial charge on any atom is -0.463 e. The van der Waals surface area contributed by atoms with Crippen molar-refractivity contribution < 1.29 is 117 Å². The molecule has 1 saturated carbocycles. The third-order valence-electron chi connectivity index (χ3n) is 18.9. The third kappa shape index (κ3) is 36.7. The summed E-state index contributed by atoms with van der Waals surface area (Å²) in [6.45, 7) is 3.46. The number of unbranched alkanes of at least 4 members (excludes halogenated alkanes) is 38. The number of aliphatic hydroxyl groups excluding tert-OH is 10. The summed E-state index contributed by atoms with van der Waals surface area (Å²) in [5.74, 6) is -1.97. The van der Waals surface area contributed by atoms with Gasteiger partial charge in [0.2, 0.25) is 0 Å². The predicted octanol–water partition coefficient (Wildman–Crippen LogP) is 10.2. The van der Waals surface area contributed by atoms with Gasteiger partial charge < -0.3 is 89.1 Å². The van der Waals surface area contributed by atoms with Crippen LogP contribution in [0.25, 0.3) is 0 Å². The summed E-state index contributed by atoms with van der Waals surface area (Å²) in [4.78, 5) is 51.0. The van der Waals surface area contributed by atoms with Crippen molar-refractivity contribution in [1.82, 2.24) is 0 Å². The maximum absolute atomic E-state index is 14.3. The Kier molecular flexibility index (Phi) is 49.4. The highest BCUT2D eigenvalue weighted by Gasteiger charge is 2.58. The van der Waals surface area contributed by atoms with Crippen LogP contribution in [0.1, 0.15) is 303 Å². The first-order valence-electron chi connectivity index (χ1n) is 37.8. The van der Waals surface area contributed by atoms with Gasteiger partial charge in [0.25, 0.3) is 0 Å². The molecule has 3 aliphatic rings. The fourth-order valence-corrected chi connectivity index (χ4v) is 13.7. The standard InChI is InChI=1S/C71H133O24P/c1-4-7-10-13-16-19-22-25-26-27-29-31-34-36-39-42-45-55(73)87-49-52(90-57(75)47-44-41-38-35-32-28-23-20-17-14-11-8-5-2)50-89-96(85,86)95-69-67(93-70-65(83)60(78)58(76)53(48-72)91-70)63(81)62(80)64(82)68(69)94-71-66(84)61(79)59(77)54(92-71)51-88-56(74)46-43-40-37-33-30-24-21-18-15-12-9-6-3/h52-54,58-72,76-84H,4-51H2,1-3H3,(H,85,86). The van der Waals surface area contributed by atoms with Crippen LogP contribution in [0.2, 0.25) is 0 Å². The number of aliphatic hydroxyl groups is 10. The molecule has 0 spiro atoms. The van der Waals surface area contributed by atoms with Crippen LogP contribution in [0, 0.1) is 0 Å². The molecule has 0 aromatic carbocycles. The first-order chi connectivity index (χ1) is 46.3. The molecule has 2 heterocycles. The van der Waals surface area contributed by atoms with Gasteiger partial charge in [-0.25, -0.2) is 4.57 Å². The predicted molar refractivity (Wildman–Crippen MR) is 361 cm³/mol. The Bertz CT molecular complexity index is 1990. The van der Waals surface area contributed by atoms with Gasteiger partial charge in [-0.3, -0.25) is 23.4 Å². The molecule has 2 saturated heterocycles. The van der Waals surface area contributed by atoms with Crippen LogP contribution in [-0.4, -0.2) is 204 Å². The molecule has 0 aromatic rings. The third-order valence-corrected chi connectivity index (χ3v) is 19.9. The van der Waals surface area contributed by atoms with Gasteiger partial charge in [-0.05, 0) is 19.3 Å². The smallest absolute Gasteiger partial charge is 0.463 e. The molecule has 1 aliphatic carbocycles. The van der Waals surface area contributed by atoms with E-state index >= 15 is 0 Å². The van der Waals surface area contributed by atoms with Crippen molar-refractivity contribution in [1.29, 1.82) is 0 Å². The quantitative estimate of drug-likeness (QED) is 0.0117. The number of carbonyl (C=O) groups excluding carboxylic acids is 3. The molecule has 0 aromatic heterocycles. The molecule has 24 nitrogen and oxygen atoms in total. The second-order valence-corrected chi connectivity index (χ2v) is 28.8. The molecule has 3 rings (SSSR count). The number of phosphoric ester groups is 1. The SMILES string of the molecule is CCCCCCCCCCCCCCCCCCC(=O)OCC(COP(=O)(O)OC1C(OC2OC(CO)C(O)C(O)C2O)C(O)C(O)C(O)C1OC1OC(COC(=O)CCCCCCCCCCCCCC)C(O)C(O)C1O)OC(=O)CCCCCCCCCCCCCCC. The summed E-state index contributed by atoms with van der Waals surface area (Å²) in [5, 5.41) is 110. The topological polar surface area (TPSA) is 374 Å². The summed E-state index contributed by atoms with van der Waals surface area (Å²) in [6, 6.07) is 0. The zero-order valence-corrected chi connectivity index (χ0v) is 59.8. The summed E-state index contributed by atoms with van der Waals surface area (Å²) >= 11 is 0. The van der Waals surface area contributed by atoms with E-state index in [4.69, 9.17) is 42.2 Å². The van der Waals surface area contributed by atoms with Gasteiger partial charge in [0.15, 0.2) is 18.7 Å². The number of phosphoric acid groups is 1. The highest BCUT2D eigenvalue weighted by molar-refractivity contribution is 7.47. The molecule has 11 N–H and O–H groups in total. The Morgan fingerprint density at radius 3 is 1.02 bits per heavy atom. The number of esters is 3. The molecule has 0 amide bonds. The molecule has 96 heavy (non-hydrogen) atoms. The molecule has 25 heteroatoms. The van der Waals surface area contributed by atoms with Gasteiger partial charge in [0, 0.05) is 19.3 Å². The molecular weight excluding hydrogens is 1270 g/mol. The zero-order chi connectivity index (χ0) is 70.4. The zero-order valence-electron chi connectivity index (χ0n) is 58.9. The maximum Gasteiger partial charge on any atom is 0.472 e. The van der Waals surface area contributed by atoms with Gasteiger partial charge in [0.05, 0.1) is 13.2 Å². The van der Waals surface area contributed by atoms with Crippen LogP contribution in [0.3, 0.4) is 0 Å². The van der Waals surface area contributed by atoms with Crippen LogP contribution < -0.4 is 0 Å². The lowest BCUT2D eigenvalue weighted by atomic mass is 9.84. The van der Waals surface area contributed by atoms with Crippen LogP contribution in [0.15, 0.2) is 0 Å². The largest absolute Gasteiger partial charge is 0.472 e. The first kappa shape index (κ1) is 88.2. The van der Waals surface area contributed by atoms with Crippen molar-refractivity contribution in [3.8, 4) is 0 Å². The van der Waals surface area contributed by atoms with Crippen LogP contribution in [0.5, 0.6) is 0 Å². The minimum absolute atomic E-state index is 0.0332. The summed E-state index contributed by atoms with van der Waals surface area (Å²) in [7, 11) is -5.69. The normalized spacial score (nSPS) is 27.9. The highest BCUT2D eigenvalue weighted by Crippen LogP contribution is 2.49. The molecular formula is C71H133O24P. The number of hydrogen-bond donors (Lipinski definition) is 11. The van der Waals surface area contributed by atoms with Crippen LogP contribution >= 0.6 is 7.82 Å². The number of ether oxygens (including phenoxy) is 7. The molecule has 0 radical (unpaired) electrons. The Balaban J connectivity index is 1.73. The van der Waals surface area contributed by atoms with Crippen LogP contribution in [-0.2, 0) is 61.2 Å². The molecule has 2 aliphatic heterocycles. The fourth-order valence-electron chi connectivity index (χ4n) is 12.7. The molecule has 566 valence electrons. The number of rotatable bonds is 59. The van der Waals surface area contributed by atoms with E-state index in [1.807, 2.05) is 0 Å². The summed E-state index contributed by atoms with van der Waals surface area (Å²) in [6.07, 6.45) is 10.3. The molecule has 18 unspecified atom stereocenters. The minimum atomic E-state index is -5.69. The van der Waals surface area contributed by atoms with Crippen molar-refractivity contribution in [2.75, 3.05) is 26.4 Å². The summed E-state index contributed by atoms with van der Waals surface area (Å²) < 4.78 is 65.0. The average molecular weight is 1400 g/mol. The monoisotopic (exact) mass is 1400 g/mol. The van der Waals surface area contributed by atoms with E-state index in [1.54, 1.807) is 0 Å². The van der Waals surface area contributed by atoms with E-state index in [0.717, 1.165) is 89.9 Å². The Morgan fingerprint density at radius 2 is 0.667 bits per heavy atom. The summed E-state index contributed by atoms with van der Waals surface area (Å²) in [5.41, 5.74) is 0. The van der Waals surface area contributed by atoms with Crippen molar-refractivity contribution in [3.05, 3.63) is 0 Å². The lowest BCUT2D eigenvalue weighted by Crippen LogP contribution is -2.69. The molecule has 3 fully saturated rings. The second kappa shape index (κ2) is 53.7. The van der Waals surface area contributed by atoms with E-state index in [2.05, 4.69) is 20.8 Å². The van der Waals surface area contributed by atoms with E-state index in [-0.39, 0.29) is 19.3 Å². The Hall–Kier alpha value is -2.04. The van der Waals surface area contributed by atoms with E-state index in [9.17, 15) is 74.9 Å². The Morgan fingerprint density at radius 1 is 0.365 bits per heavy atom. The van der Waals surface area contributed by atoms with E-state index < -0.39 is 156 Å². The van der Waals surface area contributed by atoms with E-state index in [0.29, 0.717) is 19.3 Å². The van der Waals surface area contributed by atoms with Crippen LogP contribution in [0.4, 0.5) is 0 Å². The van der Waals surface area contributed by atoms with Crippen molar-refractivity contribution in [3.63, 3.8) is 0 Å². The van der Waals surface area contributed by atoms with Crippen molar-refractivity contribution in [2.24, 2.45) is 0 Å². The fraction of sp³-hybridized carbons (Fsp3) is 0.958.